The van der Waals surface area contributed by atoms with Gasteiger partial charge in [-0.05, 0) is 70.5 Å². The van der Waals surface area contributed by atoms with E-state index in [1.807, 2.05) is 0 Å². The minimum absolute atomic E-state index is 0.0395. The minimum atomic E-state index is -1.85. The predicted molar refractivity (Wildman–Crippen MR) is 128 cm³/mol. The molecule has 2 aliphatic rings. The summed E-state index contributed by atoms with van der Waals surface area (Å²) >= 11 is 15.9. The number of hydrogen-bond acceptors (Lipinski definition) is 4. The van der Waals surface area contributed by atoms with E-state index in [1.165, 1.54) is 6.07 Å². The molecule has 2 fully saturated rings. The summed E-state index contributed by atoms with van der Waals surface area (Å²) in [6.07, 6.45) is 2.47. The average Bonchev–Trinajstić information content (AvgIpc) is 2.90. The van der Waals surface area contributed by atoms with Crippen LogP contribution in [0.1, 0.15) is 33.6 Å². The molecule has 0 radical (unpaired) electrons. The van der Waals surface area contributed by atoms with Crippen LogP contribution in [0, 0.1) is 17.7 Å². The molecule has 1 aliphatic carbocycles. The van der Waals surface area contributed by atoms with E-state index in [4.69, 9.17) is 27.6 Å². The zero-order chi connectivity index (χ0) is 22.0. The number of piperidine rings is 1. The van der Waals surface area contributed by atoms with E-state index in [1.54, 1.807) is 0 Å². The van der Waals surface area contributed by atoms with Crippen LogP contribution in [0.15, 0.2) is 10.5 Å². The number of fused-ring (bicyclic) bond motifs is 3. The third-order valence-corrected chi connectivity index (χ3v) is 13.0. The largest absolute Gasteiger partial charge is 0.414 e. The fourth-order valence-corrected chi connectivity index (χ4v) is 6.70. The Kier molecular flexibility index (Phi) is 5.93. The van der Waals surface area contributed by atoms with Gasteiger partial charge >= 0.3 is 0 Å². The van der Waals surface area contributed by atoms with E-state index >= 15 is 0 Å². The molecule has 9 heteroatoms. The maximum absolute atomic E-state index is 14.6. The Morgan fingerprint density at radius 3 is 2.57 bits per heavy atom. The Balaban J connectivity index is 1.68. The molecule has 0 spiro atoms. The highest BCUT2D eigenvalue weighted by molar-refractivity contribution is 9.10. The van der Waals surface area contributed by atoms with Gasteiger partial charge in [0.1, 0.15) is 11.3 Å². The highest BCUT2D eigenvalue weighted by Gasteiger charge is 2.46. The third-order valence-electron chi connectivity index (χ3n) is 6.98. The molecule has 4 rings (SSSR count). The van der Waals surface area contributed by atoms with Crippen LogP contribution < -0.4 is 4.90 Å². The molecule has 3 atom stereocenters. The molecule has 2 heterocycles. The van der Waals surface area contributed by atoms with Crippen molar-refractivity contribution in [1.82, 2.24) is 9.97 Å². The second kappa shape index (κ2) is 7.83. The van der Waals surface area contributed by atoms with Crippen LogP contribution in [0.5, 0.6) is 0 Å². The Morgan fingerprint density at radius 2 is 1.90 bits per heavy atom. The normalized spacial score (nSPS) is 24.7. The fourth-order valence-electron chi connectivity index (χ4n) is 4.47. The molecule has 0 N–H and O–H groups in total. The molecule has 0 unspecified atom stereocenters. The fraction of sp³-hybridized carbons (Fsp3) is 0.619. The summed E-state index contributed by atoms with van der Waals surface area (Å²) < 4.78 is 22.0. The minimum Gasteiger partial charge on any atom is -0.414 e. The second-order valence-electron chi connectivity index (χ2n) is 10.1. The van der Waals surface area contributed by atoms with Crippen LogP contribution in [0.4, 0.5) is 10.2 Å². The highest BCUT2D eigenvalue weighted by atomic mass is 79.9. The molecule has 1 saturated heterocycles. The monoisotopic (exact) mass is 533 g/mol. The maximum atomic E-state index is 14.6. The Bertz CT molecular complexity index is 1000. The molecule has 1 aromatic heterocycles. The molecule has 2 bridgehead atoms. The SMILES string of the molecule is CC(C)(C)[Si](C)(C)O[C@@H]1C[C@H]2C[C@@H]1CN(c1nc(Cl)nc3c(F)cc(Cl)c(Br)c13)C2. The summed E-state index contributed by atoms with van der Waals surface area (Å²) in [5.41, 5.74) is 0.188. The van der Waals surface area contributed by atoms with Crippen molar-refractivity contribution < 1.29 is 8.82 Å². The maximum Gasteiger partial charge on any atom is 0.225 e. The first-order valence-electron chi connectivity index (χ1n) is 10.3. The quantitative estimate of drug-likeness (QED) is 0.239. The summed E-state index contributed by atoms with van der Waals surface area (Å²) in [4.78, 5) is 10.8. The summed E-state index contributed by atoms with van der Waals surface area (Å²) in [6, 6.07) is 1.25. The lowest BCUT2D eigenvalue weighted by atomic mass is 9.98. The lowest BCUT2D eigenvalue weighted by Gasteiger charge is -2.40. The average molecular weight is 535 g/mol. The van der Waals surface area contributed by atoms with Gasteiger partial charge in [-0.1, -0.05) is 32.4 Å². The first kappa shape index (κ1) is 22.7. The van der Waals surface area contributed by atoms with Gasteiger partial charge in [0.15, 0.2) is 14.1 Å². The summed E-state index contributed by atoms with van der Waals surface area (Å²) in [6.45, 7) is 13.1. The van der Waals surface area contributed by atoms with Crippen LogP contribution in [0.2, 0.25) is 28.4 Å². The smallest absolute Gasteiger partial charge is 0.225 e. The third kappa shape index (κ3) is 4.01. The zero-order valence-corrected chi connectivity index (χ0v) is 22.0. The number of rotatable bonds is 3. The summed E-state index contributed by atoms with van der Waals surface area (Å²) in [5.74, 6) is 1.08. The van der Waals surface area contributed by atoms with Crippen LogP contribution in [0.25, 0.3) is 10.9 Å². The van der Waals surface area contributed by atoms with E-state index in [0.717, 1.165) is 25.9 Å². The predicted octanol–water partition coefficient (Wildman–Crippen LogP) is 7.07. The summed E-state index contributed by atoms with van der Waals surface area (Å²) in [7, 11) is -1.85. The van der Waals surface area contributed by atoms with Crippen molar-refractivity contribution in [3.05, 3.63) is 26.7 Å². The first-order valence-corrected chi connectivity index (χ1v) is 14.8. The van der Waals surface area contributed by atoms with Gasteiger partial charge in [-0.15, -0.1) is 0 Å². The summed E-state index contributed by atoms with van der Waals surface area (Å²) in [5, 5.41) is 1.09. The molecule has 1 aromatic carbocycles. The molecule has 2 aromatic rings. The molecule has 164 valence electrons. The number of anilines is 1. The molecular formula is C21H27BrCl2FN3OSi. The second-order valence-corrected chi connectivity index (χ2v) is 16.4. The first-order chi connectivity index (χ1) is 13.9. The van der Waals surface area contributed by atoms with Crippen molar-refractivity contribution in [3.63, 3.8) is 0 Å². The molecule has 4 nitrogen and oxygen atoms in total. The van der Waals surface area contributed by atoms with E-state index in [9.17, 15) is 4.39 Å². The van der Waals surface area contributed by atoms with E-state index < -0.39 is 14.1 Å². The van der Waals surface area contributed by atoms with E-state index in [-0.39, 0.29) is 21.9 Å². The molecule has 0 amide bonds. The number of benzene rings is 1. The standard InChI is InChI=1S/C21H27BrCl2FN3OSi/c1-21(2,3)30(4,5)29-15-7-11-6-12(15)10-28(9-11)19-16-17(22)13(23)8-14(25)18(16)26-20(24)27-19/h8,11-12,15H,6-7,9-10H2,1-5H3/t11-,12-,15-/m1/s1. The van der Waals surface area contributed by atoms with Gasteiger partial charge in [0.05, 0.1) is 10.4 Å². The van der Waals surface area contributed by atoms with Gasteiger partial charge in [-0.25, -0.2) is 9.37 Å². The zero-order valence-electron chi connectivity index (χ0n) is 17.9. The van der Waals surface area contributed by atoms with Gasteiger partial charge in [0.25, 0.3) is 0 Å². The van der Waals surface area contributed by atoms with Crippen LogP contribution >= 0.6 is 39.1 Å². The Morgan fingerprint density at radius 1 is 1.20 bits per heavy atom. The molecule has 1 saturated carbocycles. The number of nitrogens with zero attached hydrogens (tertiary/aromatic N) is 3. The Hall–Kier alpha value is -0.473. The van der Waals surface area contributed by atoms with E-state index in [2.05, 4.69) is 64.7 Å². The van der Waals surface area contributed by atoms with Gasteiger partial charge in [0.2, 0.25) is 5.28 Å². The lowest BCUT2D eigenvalue weighted by molar-refractivity contribution is 0.145. The topological polar surface area (TPSA) is 38.2 Å². The van der Waals surface area contributed by atoms with Crippen molar-refractivity contribution in [2.24, 2.45) is 11.8 Å². The van der Waals surface area contributed by atoms with Crippen molar-refractivity contribution in [2.45, 2.75) is 57.8 Å². The van der Waals surface area contributed by atoms with Crippen LogP contribution in [-0.4, -0.2) is 37.5 Å². The van der Waals surface area contributed by atoms with Gasteiger partial charge in [0, 0.05) is 29.6 Å². The van der Waals surface area contributed by atoms with Crippen molar-refractivity contribution >= 4 is 64.2 Å². The molecule has 30 heavy (non-hydrogen) atoms. The van der Waals surface area contributed by atoms with Gasteiger partial charge < -0.3 is 9.33 Å². The van der Waals surface area contributed by atoms with E-state index in [0.29, 0.717) is 32.5 Å². The lowest BCUT2D eigenvalue weighted by Crippen LogP contribution is -2.46. The van der Waals surface area contributed by atoms with Crippen molar-refractivity contribution in [3.8, 4) is 0 Å². The molecular weight excluding hydrogens is 508 g/mol. The number of halogens is 4. The number of hydrogen-bond donors (Lipinski definition) is 0. The van der Waals surface area contributed by atoms with Crippen LogP contribution in [0.3, 0.4) is 0 Å². The molecule has 1 aliphatic heterocycles. The van der Waals surface area contributed by atoms with Crippen molar-refractivity contribution in [2.75, 3.05) is 18.0 Å². The number of aromatic nitrogens is 2. The Labute approximate surface area is 196 Å². The van der Waals surface area contributed by atoms with Crippen LogP contribution in [-0.2, 0) is 4.43 Å². The van der Waals surface area contributed by atoms with Gasteiger partial charge in [-0.3, -0.25) is 0 Å². The highest BCUT2D eigenvalue weighted by Crippen LogP contribution is 2.46. The van der Waals surface area contributed by atoms with Crippen molar-refractivity contribution in [1.29, 1.82) is 0 Å². The van der Waals surface area contributed by atoms with Gasteiger partial charge in [-0.2, -0.15) is 4.98 Å².